The first kappa shape index (κ1) is 43.6. The van der Waals surface area contributed by atoms with Crippen molar-refractivity contribution in [2.24, 2.45) is 5.92 Å². The first-order valence-corrected chi connectivity index (χ1v) is 23.9. The van der Waals surface area contributed by atoms with Crippen LogP contribution in [0, 0.1) is 5.92 Å². The van der Waals surface area contributed by atoms with Gasteiger partial charge >= 0.3 is 5.97 Å². The molecule has 3 aliphatic rings. The minimum atomic E-state index is -1.07. The van der Waals surface area contributed by atoms with Crippen molar-refractivity contribution in [3.63, 3.8) is 0 Å². The zero-order valence-electron chi connectivity index (χ0n) is 33.8. The lowest BCUT2D eigenvalue weighted by Crippen LogP contribution is -2.33. The molecule has 2 saturated heterocycles. The smallest absolute Gasteiger partial charge is 0.323 e. The van der Waals surface area contributed by atoms with Gasteiger partial charge in [0.05, 0.1) is 16.3 Å². The van der Waals surface area contributed by atoms with Crippen LogP contribution in [0.15, 0.2) is 51.1 Å². The summed E-state index contributed by atoms with van der Waals surface area (Å²) in [6, 6.07) is 13.7. The molecule has 0 aromatic heterocycles. The average Bonchev–Trinajstić information content (AvgIpc) is 3.81. The van der Waals surface area contributed by atoms with E-state index in [1.165, 1.54) is 185 Å². The van der Waals surface area contributed by atoms with Crippen LogP contribution in [0.4, 0.5) is 17.1 Å². The fourth-order valence-corrected chi connectivity index (χ4v) is 10.8. The highest BCUT2D eigenvalue weighted by atomic mass is 32.2. The summed E-state index contributed by atoms with van der Waals surface area (Å²) in [4.78, 5) is 33.8. The van der Waals surface area contributed by atoms with Gasteiger partial charge in [0.1, 0.15) is 10.9 Å². The minimum Gasteiger partial charge on any atom is -0.480 e. The molecule has 0 radical (unpaired) electrons. The maximum atomic E-state index is 13.1. The Hall–Kier alpha value is -2.49. The molecular weight excluding hydrogens is 739 g/mol. The zero-order valence-corrected chi connectivity index (χ0v) is 36.3. The molecule has 3 heterocycles. The SMILES string of the molecule is CCCCCCCCCCCCC(CCCCCCCCCC)CN1c2ccc(/C=C3\SC(=S)N(CC(=O)O)C3=O)cc2Sc2cc(N3CCCC3)ccc21. The largest absolute Gasteiger partial charge is 0.480 e. The summed E-state index contributed by atoms with van der Waals surface area (Å²) in [6.07, 6.45) is 31.4. The highest BCUT2D eigenvalue weighted by molar-refractivity contribution is 8.26. The van der Waals surface area contributed by atoms with Gasteiger partial charge < -0.3 is 14.9 Å². The number of benzene rings is 2. The van der Waals surface area contributed by atoms with Crippen molar-refractivity contribution in [2.75, 3.05) is 36.0 Å². The van der Waals surface area contributed by atoms with E-state index >= 15 is 0 Å². The van der Waals surface area contributed by atoms with Crippen molar-refractivity contribution >= 4 is 75.1 Å². The summed E-state index contributed by atoms with van der Waals surface area (Å²) < 4.78 is 0.297. The number of thioether (sulfide) groups is 1. The van der Waals surface area contributed by atoms with E-state index in [-0.39, 0.29) is 5.91 Å². The summed E-state index contributed by atoms with van der Waals surface area (Å²) in [6.45, 7) is 7.43. The molecule has 2 fully saturated rings. The van der Waals surface area contributed by atoms with Crippen LogP contribution in [-0.4, -0.2) is 52.4 Å². The molecule has 3 aliphatic heterocycles. The molecule has 0 saturated carbocycles. The first-order valence-electron chi connectivity index (χ1n) is 21.8. The van der Waals surface area contributed by atoms with Gasteiger partial charge in [-0.15, -0.1) is 0 Å². The Kier molecular flexibility index (Phi) is 18.8. The van der Waals surface area contributed by atoms with Gasteiger partial charge in [0.15, 0.2) is 0 Å². The van der Waals surface area contributed by atoms with Gasteiger partial charge in [0, 0.05) is 35.1 Å². The molecule has 5 rings (SSSR count). The van der Waals surface area contributed by atoms with E-state index in [4.69, 9.17) is 12.2 Å². The van der Waals surface area contributed by atoms with Crippen LogP contribution < -0.4 is 9.80 Å². The second kappa shape index (κ2) is 23.7. The van der Waals surface area contributed by atoms with E-state index < -0.39 is 12.5 Å². The van der Waals surface area contributed by atoms with E-state index in [1.807, 2.05) is 17.8 Å². The molecule has 55 heavy (non-hydrogen) atoms. The third-order valence-corrected chi connectivity index (χ3v) is 14.0. The Morgan fingerprint density at radius 1 is 0.727 bits per heavy atom. The van der Waals surface area contributed by atoms with Crippen molar-refractivity contribution in [1.82, 2.24) is 4.90 Å². The number of anilines is 3. The van der Waals surface area contributed by atoms with Gasteiger partial charge in [-0.25, -0.2) is 0 Å². The molecule has 1 N–H and O–H groups in total. The molecule has 2 aromatic carbocycles. The summed E-state index contributed by atoms with van der Waals surface area (Å²) >= 11 is 8.39. The Morgan fingerprint density at radius 2 is 1.25 bits per heavy atom. The molecule has 1 atom stereocenters. The fraction of sp³-hybridized carbons (Fsp3) is 0.630. The van der Waals surface area contributed by atoms with Gasteiger partial charge in [-0.3, -0.25) is 14.5 Å². The number of thiocarbonyl (C=S) groups is 1. The number of hydrogen-bond acceptors (Lipinski definition) is 7. The van der Waals surface area contributed by atoms with Gasteiger partial charge in [-0.1, -0.05) is 171 Å². The van der Waals surface area contributed by atoms with Crippen molar-refractivity contribution < 1.29 is 14.7 Å². The normalized spacial score (nSPS) is 16.7. The van der Waals surface area contributed by atoms with E-state index in [9.17, 15) is 14.7 Å². The van der Waals surface area contributed by atoms with E-state index in [0.717, 1.165) is 25.2 Å². The topological polar surface area (TPSA) is 64.1 Å². The minimum absolute atomic E-state index is 0.297. The number of carboxylic acids is 1. The molecule has 6 nitrogen and oxygen atoms in total. The summed E-state index contributed by atoms with van der Waals surface area (Å²) in [5.41, 5.74) is 4.80. The number of unbranched alkanes of at least 4 members (excludes halogenated alkanes) is 16. The van der Waals surface area contributed by atoms with Gasteiger partial charge in [-0.05, 0) is 73.6 Å². The van der Waals surface area contributed by atoms with Crippen LogP contribution in [-0.2, 0) is 9.59 Å². The van der Waals surface area contributed by atoms with Crippen LogP contribution in [0.25, 0.3) is 6.08 Å². The zero-order chi connectivity index (χ0) is 38.8. The Morgan fingerprint density at radius 3 is 1.82 bits per heavy atom. The van der Waals surface area contributed by atoms with Crippen LogP contribution in [0.3, 0.4) is 0 Å². The van der Waals surface area contributed by atoms with E-state index in [0.29, 0.717) is 15.1 Å². The quantitative estimate of drug-likeness (QED) is 0.0573. The number of carbonyl (C=O) groups excluding carboxylic acids is 1. The third-order valence-electron chi connectivity index (χ3n) is 11.5. The fourth-order valence-electron chi connectivity index (χ4n) is 8.35. The molecule has 9 heteroatoms. The second-order valence-electron chi connectivity index (χ2n) is 16.0. The lowest BCUT2D eigenvalue weighted by molar-refractivity contribution is -0.140. The average molecular weight is 806 g/mol. The van der Waals surface area contributed by atoms with Gasteiger partial charge in [-0.2, -0.15) is 0 Å². The monoisotopic (exact) mass is 805 g/mol. The highest BCUT2D eigenvalue weighted by Crippen LogP contribution is 2.50. The maximum absolute atomic E-state index is 13.1. The third kappa shape index (κ3) is 13.6. The number of nitrogens with zero attached hydrogens (tertiary/aromatic N) is 3. The number of fused-ring (bicyclic) bond motifs is 2. The number of aliphatic carboxylic acids is 1. The Balaban J connectivity index is 1.32. The van der Waals surface area contributed by atoms with Crippen LogP contribution in [0.2, 0.25) is 0 Å². The molecule has 1 amide bonds. The predicted molar refractivity (Wildman–Crippen MR) is 240 cm³/mol. The van der Waals surface area contributed by atoms with Gasteiger partial charge in [0.2, 0.25) is 0 Å². The molecule has 0 spiro atoms. The summed E-state index contributed by atoms with van der Waals surface area (Å²) in [7, 11) is 0. The Bertz CT molecular complexity index is 1570. The number of hydrogen-bond donors (Lipinski definition) is 1. The van der Waals surface area contributed by atoms with Crippen LogP contribution in [0.5, 0.6) is 0 Å². The van der Waals surface area contributed by atoms with Crippen molar-refractivity contribution in [3.05, 3.63) is 46.9 Å². The van der Waals surface area contributed by atoms with Crippen molar-refractivity contribution in [1.29, 1.82) is 0 Å². The molecule has 2 aromatic rings. The molecule has 1 unspecified atom stereocenters. The predicted octanol–water partition coefficient (Wildman–Crippen LogP) is 13.6. The highest BCUT2D eigenvalue weighted by Gasteiger charge is 2.34. The van der Waals surface area contributed by atoms with Crippen LogP contribution in [0.1, 0.15) is 161 Å². The lowest BCUT2D eigenvalue weighted by Gasteiger charge is -2.36. The standard InChI is InChI=1S/C46H67N3O3S3/c1-3-5-7-9-11-13-14-16-18-20-24-36(23-19-17-15-12-10-8-6-4-2)34-48-39-27-25-37(32-43-45(52)49(35-44(50)51)46(53)55-43)31-41(39)54-42-33-38(26-28-40(42)48)47-29-21-22-30-47/h25-28,31-33,36H,3-24,29-30,34-35H2,1-2H3,(H,50,51)/b43-32-. The molecular formula is C46H67N3O3S3. The Labute approximate surface area is 346 Å². The second-order valence-corrected chi connectivity index (χ2v) is 18.8. The number of carboxylic acid groups (broad SMARTS) is 1. The molecule has 0 aliphatic carbocycles. The summed E-state index contributed by atoms with van der Waals surface area (Å²) in [5, 5.41) is 9.31. The molecule has 0 bridgehead atoms. The number of rotatable bonds is 26. The lowest BCUT2D eigenvalue weighted by atomic mass is 9.93. The van der Waals surface area contributed by atoms with Crippen LogP contribution >= 0.6 is 35.7 Å². The van der Waals surface area contributed by atoms with Crippen molar-refractivity contribution in [3.8, 4) is 0 Å². The van der Waals surface area contributed by atoms with E-state index in [1.54, 1.807) is 0 Å². The number of carbonyl (C=O) groups is 2. The summed E-state index contributed by atoms with van der Waals surface area (Å²) in [5.74, 6) is -0.767. The van der Waals surface area contributed by atoms with Gasteiger partial charge in [0.25, 0.3) is 5.91 Å². The van der Waals surface area contributed by atoms with E-state index in [2.05, 4.69) is 60.0 Å². The molecule has 302 valence electrons. The first-order chi connectivity index (χ1) is 26.9. The maximum Gasteiger partial charge on any atom is 0.323 e. The van der Waals surface area contributed by atoms with Crippen molar-refractivity contribution in [2.45, 2.75) is 165 Å². The number of amides is 1.